The second kappa shape index (κ2) is 11.4. The van der Waals surface area contributed by atoms with Crippen LogP contribution < -0.4 is 9.47 Å². The van der Waals surface area contributed by atoms with Gasteiger partial charge in [0, 0.05) is 21.5 Å². The van der Waals surface area contributed by atoms with Gasteiger partial charge in [-0.05, 0) is 65.5 Å². The van der Waals surface area contributed by atoms with Crippen LogP contribution in [0.25, 0.3) is 21.5 Å². The molecule has 4 atom stereocenters. The van der Waals surface area contributed by atoms with Crippen molar-refractivity contribution >= 4 is 45.4 Å². The van der Waals surface area contributed by atoms with Crippen molar-refractivity contribution in [2.24, 2.45) is 23.7 Å². The molecule has 0 spiro atoms. The fourth-order valence-electron chi connectivity index (χ4n) is 6.12. The number of carboxylic acid groups (broad SMARTS) is 2. The fraction of sp³-hybridized carbons (Fsp3) is 0.353. The standard InChI is InChI=1S/C34H34O8/c1-17-5-9-21-25(13-17)29(41-33(39)23-11-7-19(3)15-27(23)31(35)36)22-10-6-18(2)14-26(22)30(21)42-34(40)24-12-8-20(4)16-28(24)32(37)38/h5-10,13-14,23-24,27-28H,11-12,15-16H2,1-4H3,(H,35,36)(H,37,38). The SMILES string of the molecule is CC1=CCC(C(=O)Oc2c3ccc(C)cc3c(OC(=O)C3CC=C(C)CC3C(=O)O)c3ccc(C)cc23)C(C(=O)O)C1. The van der Waals surface area contributed by atoms with Crippen molar-refractivity contribution in [1.29, 1.82) is 0 Å². The predicted molar refractivity (Wildman–Crippen MR) is 157 cm³/mol. The molecule has 0 saturated carbocycles. The number of carbonyl (C=O) groups is 4. The van der Waals surface area contributed by atoms with E-state index in [4.69, 9.17) is 9.47 Å². The molecule has 3 aromatic carbocycles. The van der Waals surface area contributed by atoms with Crippen LogP contribution in [-0.2, 0) is 19.2 Å². The highest BCUT2D eigenvalue weighted by atomic mass is 16.5. The monoisotopic (exact) mass is 570 g/mol. The van der Waals surface area contributed by atoms with Gasteiger partial charge in [-0.2, -0.15) is 0 Å². The third-order valence-corrected chi connectivity index (χ3v) is 8.47. The first kappa shape index (κ1) is 29.0. The second-order valence-electron chi connectivity index (χ2n) is 11.7. The van der Waals surface area contributed by atoms with E-state index in [-0.39, 0.29) is 37.2 Å². The molecule has 0 bridgehead atoms. The minimum Gasteiger partial charge on any atom is -0.481 e. The van der Waals surface area contributed by atoms with E-state index in [0.29, 0.717) is 21.5 Å². The largest absolute Gasteiger partial charge is 0.481 e. The molecule has 42 heavy (non-hydrogen) atoms. The van der Waals surface area contributed by atoms with Gasteiger partial charge in [0.05, 0.1) is 23.7 Å². The fourth-order valence-corrected chi connectivity index (χ4v) is 6.12. The zero-order valence-electron chi connectivity index (χ0n) is 24.1. The van der Waals surface area contributed by atoms with Crippen LogP contribution in [0.15, 0.2) is 59.7 Å². The summed E-state index contributed by atoms with van der Waals surface area (Å²) in [5, 5.41) is 21.8. The molecule has 2 aliphatic carbocycles. The van der Waals surface area contributed by atoms with Crippen molar-refractivity contribution in [1.82, 2.24) is 0 Å². The van der Waals surface area contributed by atoms with Crippen LogP contribution >= 0.6 is 0 Å². The van der Waals surface area contributed by atoms with Crippen LogP contribution in [0.5, 0.6) is 11.5 Å². The highest BCUT2D eigenvalue weighted by Gasteiger charge is 2.39. The first-order chi connectivity index (χ1) is 19.9. The Morgan fingerprint density at radius 1 is 0.595 bits per heavy atom. The lowest BCUT2D eigenvalue weighted by Crippen LogP contribution is -2.35. The molecule has 8 nitrogen and oxygen atoms in total. The number of hydrogen-bond donors (Lipinski definition) is 2. The molecule has 2 aliphatic rings. The quantitative estimate of drug-likeness (QED) is 0.148. The molecular formula is C34H34O8. The van der Waals surface area contributed by atoms with Crippen molar-refractivity contribution in [3.8, 4) is 11.5 Å². The third kappa shape index (κ3) is 5.53. The molecule has 0 amide bonds. The number of fused-ring (bicyclic) bond motifs is 2. The molecule has 218 valence electrons. The van der Waals surface area contributed by atoms with Gasteiger partial charge in [-0.3, -0.25) is 19.2 Å². The first-order valence-electron chi connectivity index (χ1n) is 14.1. The van der Waals surface area contributed by atoms with Crippen LogP contribution in [-0.4, -0.2) is 34.1 Å². The van der Waals surface area contributed by atoms with Gasteiger partial charge >= 0.3 is 23.9 Å². The number of allylic oxidation sites excluding steroid dienone is 4. The van der Waals surface area contributed by atoms with Gasteiger partial charge in [0.25, 0.3) is 0 Å². The van der Waals surface area contributed by atoms with Gasteiger partial charge in [-0.1, -0.05) is 58.7 Å². The normalized spacial score (nSPS) is 22.3. The summed E-state index contributed by atoms with van der Waals surface area (Å²) < 4.78 is 12.1. The number of carbonyl (C=O) groups excluding carboxylic acids is 2. The third-order valence-electron chi connectivity index (χ3n) is 8.47. The van der Waals surface area contributed by atoms with Crippen LogP contribution in [0.3, 0.4) is 0 Å². The average Bonchev–Trinajstić information content (AvgIpc) is 2.94. The summed E-state index contributed by atoms with van der Waals surface area (Å²) in [7, 11) is 0. The van der Waals surface area contributed by atoms with Gasteiger partial charge in [0.2, 0.25) is 0 Å². The van der Waals surface area contributed by atoms with E-state index in [2.05, 4.69) is 0 Å². The lowest BCUT2D eigenvalue weighted by atomic mass is 9.80. The van der Waals surface area contributed by atoms with Gasteiger partial charge < -0.3 is 19.7 Å². The molecule has 3 aromatic rings. The van der Waals surface area contributed by atoms with Crippen molar-refractivity contribution in [3.05, 3.63) is 70.8 Å². The molecule has 0 heterocycles. The van der Waals surface area contributed by atoms with Gasteiger partial charge in [0.1, 0.15) is 11.5 Å². The summed E-state index contributed by atoms with van der Waals surface area (Å²) in [6, 6.07) is 11.0. The number of carboxylic acids is 2. The molecule has 0 saturated heterocycles. The number of aryl methyl sites for hydroxylation is 2. The van der Waals surface area contributed by atoms with Crippen LogP contribution in [0.1, 0.15) is 50.7 Å². The zero-order valence-corrected chi connectivity index (χ0v) is 24.1. The van der Waals surface area contributed by atoms with E-state index >= 15 is 0 Å². The van der Waals surface area contributed by atoms with E-state index in [9.17, 15) is 29.4 Å². The summed E-state index contributed by atoms with van der Waals surface area (Å²) >= 11 is 0. The van der Waals surface area contributed by atoms with Crippen LogP contribution in [0.2, 0.25) is 0 Å². The maximum absolute atomic E-state index is 13.6. The minimum atomic E-state index is -1.04. The van der Waals surface area contributed by atoms with Crippen molar-refractivity contribution in [3.63, 3.8) is 0 Å². The number of aliphatic carboxylic acids is 2. The Kier molecular flexibility index (Phi) is 7.91. The molecular weight excluding hydrogens is 536 g/mol. The first-order valence-corrected chi connectivity index (χ1v) is 14.1. The van der Waals surface area contributed by atoms with E-state index < -0.39 is 47.5 Å². The lowest BCUT2D eigenvalue weighted by molar-refractivity contribution is -0.152. The topological polar surface area (TPSA) is 127 Å². The maximum atomic E-state index is 13.6. The van der Waals surface area contributed by atoms with Crippen molar-refractivity contribution in [2.75, 3.05) is 0 Å². The van der Waals surface area contributed by atoms with Gasteiger partial charge in [-0.15, -0.1) is 0 Å². The van der Waals surface area contributed by atoms with E-state index in [0.717, 1.165) is 22.3 Å². The number of rotatable bonds is 6. The summed E-state index contributed by atoms with van der Waals surface area (Å²) in [6.45, 7) is 7.49. The number of benzene rings is 3. The molecule has 0 fully saturated rings. The summed E-state index contributed by atoms with van der Waals surface area (Å²) in [6.07, 6.45) is 4.85. The van der Waals surface area contributed by atoms with E-state index in [1.807, 2.05) is 64.1 Å². The Balaban J connectivity index is 1.62. The Bertz CT molecular complexity index is 1570. The summed E-state index contributed by atoms with van der Waals surface area (Å²) in [5.74, 6) is -6.28. The van der Waals surface area contributed by atoms with Crippen molar-refractivity contribution in [2.45, 2.75) is 53.4 Å². The summed E-state index contributed by atoms with van der Waals surface area (Å²) in [4.78, 5) is 51.1. The van der Waals surface area contributed by atoms with Crippen molar-refractivity contribution < 1.29 is 38.9 Å². The van der Waals surface area contributed by atoms with Crippen LogP contribution in [0, 0.1) is 37.5 Å². The molecule has 4 unspecified atom stereocenters. The Morgan fingerprint density at radius 2 is 0.976 bits per heavy atom. The van der Waals surface area contributed by atoms with Gasteiger partial charge in [0.15, 0.2) is 0 Å². The highest BCUT2D eigenvalue weighted by molar-refractivity contribution is 6.13. The predicted octanol–water partition coefficient (Wildman–Crippen LogP) is 6.53. The molecule has 0 aliphatic heterocycles. The van der Waals surface area contributed by atoms with Crippen LogP contribution in [0.4, 0.5) is 0 Å². The Labute approximate surface area is 243 Å². The molecule has 8 heteroatoms. The molecule has 0 radical (unpaired) electrons. The molecule has 5 rings (SSSR count). The number of hydrogen-bond acceptors (Lipinski definition) is 6. The molecule has 2 N–H and O–H groups in total. The minimum absolute atomic E-state index is 0.267. The van der Waals surface area contributed by atoms with E-state index in [1.165, 1.54) is 0 Å². The smallest absolute Gasteiger partial charge is 0.315 e. The lowest BCUT2D eigenvalue weighted by Gasteiger charge is -2.27. The van der Waals surface area contributed by atoms with E-state index in [1.54, 1.807) is 12.1 Å². The zero-order chi connectivity index (χ0) is 30.3. The maximum Gasteiger partial charge on any atom is 0.315 e. The van der Waals surface area contributed by atoms with Gasteiger partial charge in [-0.25, -0.2) is 0 Å². The Morgan fingerprint density at radius 3 is 1.33 bits per heavy atom. The second-order valence-corrected chi connectivity index (χ2v) is 11.7. The molecule has 0 aromatic heterocycles. The number of esters is 2. The highest BCUT2D eigenvalue weighted by Crippen LogP contribution is 2.45. The number of ether oxygens (including phenoxy) is 2. The summed E-state index contributed by atoms with van der Waals surface area (Å²) in [5.41, 5.74) is 3.60. The average molecular weight is 571 g/mol. The Hall–Kier alpha value is -4.46.